The molecule has 22 heavy (non-hydrogen) atoms. The highest BCUT2D eigenvalue weighted by Gasteiger charge is 2.40. The first kappa shape index (κ1) is 14.7. The van der Waals surface area contributed by atoms with Crippen molar-refractivity contribution in [2.45, 2.75) is 26.5 Å². The third-order valence-electron chi connectivity index (χ3n) is 3.40. The van der Waals surface area contributed by atoms with Crippen LogP contribution in [-0.4, -0.2) is 21.8 Å². The van der Waals surface area contributed by atoms with Crippen molar-refractivity contribution >= 4 is 25.4 Å². The van der Waals surface area contributed by atoms with E-state index in [1.54, 1.807) is 6.92 Å². The quantitative estimate of drug-likeness (QED) is 0.494. The van der Waals surface area contributed by atoms with E-state index in [-0.39, 0.29) is 9.79 Å². The van der Waals surface area contributed by atoms with Crippen LogP contribution in [0.5, 0.6) is 0 Å². The van der Waals surface area contributed by atoms with Crippen LogP contribution in [0, 0.1) is 17.0 Å². The largest absolute Gasteiger partial charge is 0.270 e. The molecule has 114 valence electrons. The molecule has 0 spiro atoms. The van der Waals surface area contributed by atoms with Gasteiger partial charge in [-0.1, -0.05) is 6.07 Å². The maximum atomic E-state index is 12.6. The summed E-state index contributed by atoms with van der Waals surface area (Å²) in [4.78, 5) is 8.41. The Kier molecular flexibility index (Phi) is 2.91. The summed E-state index contributed by atoms with van der Waals surface area (Å²) < 4.78 is 50.3. The van der Waals surface area contributed by atoms with Crippen LogP contribution in [0.25, 0.3) is 0 Å². The lowest BCUT2D eigenvalue weighted by Gasteiger charge is -2.20. The second-order valence-corrected chi connectivity index (χ2v) is 8.62. The number of aryl methyl sites for hydroxylation is 1. The van der Waals surface area contributed by atoms with Crippen LogP contribution >= 0.6 is 0 Å². The van der Waals surface area contributed by atoms with Crippen molar-refractivity contribution in [3.05, 3.63) is 52.1 Å². The molecule has 0 radical (unpaired) electrons. The average molecular weight is 339 g/mol. The Labute approximate surface area is 126 Å². The van der Waals surface area contributed by atoms with E-state index in [4.69, 9.17) is 0 Å². The fourth-order valence-electron chi connectivity index (χ4n) is 2.33. The third-order valence-corrected chi connectivity index (χ3v) is 7.36. The summed E-state index contributed by atoms with van der Waals surface area (Å²) in [5, 5.41) is 10.8. The standard InChI is InChI=1S/C13H9NO6S2/c1-8-2-4-10-12(6-8)22(19,20)13-7-9(14(15)16)3-5-11(13)21(10,17)18/h2-7H,1H3. The zero-order valence-electron chi connectivity index (χ0n) is 11.2. The van der Waals surface area contributed by atoms with E-state index in [1.807, 2.05) is 0 Å². The van der Waals surface area contributed by atoms with Gasteiger partial charge in [-0.05, 0) is 30.7 Å². The van der Waals surface area contributed by atoms with Gasteiger partial charge in [-0.2, -0.15) is 0 Å². The summed E-state index contributed by atoms with van der Waals surface area (Å²) in [6.07, 6.45) is 0. The molecule has 0 amide bonds. The molecule has 1 heterocycles. The van der Waals surface area contributed by atoms with Gasteiger partial charge in [-0.15, -0.1) is 0 Å². The zero-order chi connectivity index (χ0) is 16.3. The van der Waals surface area contributed by atoms with Gasteiger partial charge in [0, 0.05) is 12.1 Å². The molecule has 1 aliphatic heterocycles. The van der Waals surface area contributed by atoms with Gasteiger partial charge in [0.15, 0.2) is 0 Å². The lowest BCUT2D eigenvalue weighted by atomic mass is 10.2. The van der Waals surface area contributed by atoms with Crippen molar-refractivity contribution in [3.8, 4) is 0 Å². The van der Waals surface area contributed by atoms with Crippen LogP contribution in [0.2, 0.25) is 0 Å². The third kappa shape index (κ3) is 1.86. The molecule has 0 atom stereocenters. The van der Waals surface area contributed by atoms with E-state index in [0.29, 0.717) is 5.56 Å². The van der Waals surface area contributed by atoms with Gasteiger partial charge in [-0.25, -0.2) is 16.8 Å². The van der Waals surface area contributed by atoms with E-state index in [2.05, 4.69) is 0 Å². The minimum atomic E-state index is -4.13. The normalized spacial score (nSPS) is 17.3. The molecule has 0 saturated carbocycles. The maximum Gasteiger partial charge on any atom is 0.270 e. The van der Waals surface area contributed by atoms with E-state index in [1.165, 1.54) is 18.2 Å². The minimum absolute atomic E-state index is 0.306. The molecule has 0 N–H and O–H groups in total. The molecular formula is C13H9NO6S2. The molecule has 1 aliphatic rings. The Morgan fingerprint density at radius 2 is 1.32 bits per heavy atom. The van der Waals surface area contributed by atoms with Gasteiger partial charge in [0.25, 0.3) is 5.69 Å². The lowest BCUT2D eigenvalue weighted by molar-refractivity contribution is -0.385. The predicted octanol–water partition coefficient (Wildman–Crippen LogP) is 1.88. The van der Waals surface area contributed by atoms with Gasteiger partial charge in [0.05, 0.1) is 24.5 Å². The highest BCUT2D eigenvalue weighted by Crippen LogP contribution is 2.41. The first-order chi connectivity index (χ1) is 10.2. The SMILES string of the molecule is Cc1ccc2c(c1)S(=O)(=O)c1cc([N+](=O)[O-])ccc1S2(=O)=O. The van der Waals surface area contributed by atoms with Crippen LogP contribution < -0.4 is 0 Å². The van der Waals surface area contributed by atoms with Crippen LogP contribution in [-0.2, 0) is 19.7 Å². The van der Waals surface area contributed by atoms with Crippen molar-refractivity contribution in [1.82, 2.24) is 0 Å². The van der Waals surface area contributed by atoms with Crippen LogP contribution in [0.1, 0.15) is 5.56 Å². The Balaban J connectivity index is 2.48. The molecule has 0 fully saturated rings. The highest BCUT2D eigenvalue weighted by atomic mass is 32.2. The van der Waals surface area contributed by atoms with E-state index >= 15 is 0 Å². The second kappa shape index (κ2) is 4.37. The molecular weight excluding hydrogens is 330 g/mol. The van der Waals surface area contributed by atoms with Crippen LogP contribution in [0.15, 0.2) is 56.0 Å². The highest BCUT2D eigenvalue weighted by molar-refractivity contribution is 7.97. The smallest absolute Gasteiger partial charge is 0.258 e. The Hall–Kier alpha value is -2.26. The molecule has 0 aromatic heterocycles. The van der Waals surface area contributed by atoms with Crippen molar-refractivity contribution in [1.29, 1.82) is 0 Å². The molecule has 0 unspecified atom stereocenters. The molecule has 2 aromatic carbocycles. The molecule has 0 aliphatic carbocycles. The van der Waals surface area contributed by atoms with Crippen molar-refractivity contribution < 1.29 is 21.8 Å². The first-order valence-electron chi connectivity index (χ1n) is 6.05. The zero-order valence-corrected chi connectivity index (χ0v) is 12.8. The first-order valence-corrected chi connectivity index (χ1v) is 9.01. The fraction of sp³-hybridized carbons (Fsp3) is 0.0769. The summed E-state index contributed by atoms with van der Waals surface area (Å²) in [6.45, 7) is 1.63. The fourth-order valence-corrected chi connectivity index (χ4v) is 6.54. The van der Waals surface area contributed by atoms with Crippen LogP contribution in [0.4, 0.5) is 5.69 Å². The Morgan fingerprint density at radius 1 is 0.818 bits per heavy atom. The molecule has 3 rings (SSSR count). The lowest BCUT2D eigenvalue weighted by Crippen LogP contribution is -2.20. The Morgan fingerprint density at radius 3 is 1.91 bits per heavy atom. The van der Waals surface area contributed by atoms with Gasteiger partial charge in [-0.3, -0.25) is 10.1 Å². The number of non-ortho nitro benzene ring substituents is 1. The number of hydrogen-bond donors (Lipinski definition) is 0. The van der Waals surface area contributed by atoms with Crippen LogP contribution in [0.3, 0.4) is 0 Å². The Bertz CT molecular complexity index is 1040. The molecule has 7 nitrogen and oxygen atoms in total. The van der Waals surface area contributed by atoms with Crippen molar-refractivity contribution in [3.63, 3.8) is 0 Å². The number of nitro benzene ring substituents is 1. The molecule has 2 aromatic rings. The monoisotopic (exact) mass is 339 g/mol. The topological polar surface area (TPSA) is 111 Å². The average Bonchev–Trinajstić information content (AvgIpc) is 2.45. The molecule has 9 heteroatoms. The number of nitrogens with zero attached hydrogens (tertiary/aromatic N) is 1. The number of nitro groups is 1. The van der Waals surface area contributed by atoms with Crippen molar-refractivity contribution in [2.24, 2.45) is 0 Å². The minimum Gasteiger partial charge on any atom is -0.258 e. The summed E-state index contributed by atoms with van der Waals surface area (Å²) in [7, 11) is -8.17. The van der Waals surface area contributed by atoms with Gasteiger partial charge >= 0.3 is 0 Å². The summed E-state index contributed by atoms with van der Waals surface area (Å²) in [5.74, 6) is 0. The summed E-state index contributed by atoms with van der Waals surface area (Å²) in [5.41, 5.74) is 0.0973. The molecule has 0 saturated heterocycles. The summed E-state index contributed by atoms with van der Waals surface area (Å²) >= 11 is 0. The van der Waals surface area contributed by atoms with E-state index < -0.39 is 40.1 Å². The number of rotatable bonds is 1. The van der Waals surface area contributed by atoms with Gasteiger partial charge in [0.2, 0.25) is 19.7 Å². The molecule has 0 bridgehead atoms. The number of fused-ring (bicyclic) bond motifs is 2. The second-order valence-electron chi connectivity index (χ2n) is 4.85. The number of benzene rings is 2. The van der Waals surface area contributed by atoms with E-state index in [9.17, 15) is 26.9 Å². The van der Waals surface area contributed by atoms with Crippen molar-refractivity contribution in [2.75, 3.05) is 0 Å². The number of sulfone groups is 2. The maximum absolute atomic E-state index is 12.6. The van der Waals surface area contributed by atoms with Gasteiger partial charge in [0.1, 0.15) is 0 Å². The number of hydrogen-bond acceptors (Lipinski definition) is 6. The summed E-state index contributed by atoms with van der Waals surface area (Å²) in [6, 6.07) is 6.72. The van der Waals surface area contributed by atoms with Gasteiger partial charge < -0.3 is 0 Å². The van der Waals surface area contributed by atoms with E-state index in [0.717, 1.165) is 18.2 Å². The predicted molar refractivity (Wildman–Crippen MR) is 75.2 cm³/mol.